The molecule has 1 rings (SSSR count). The quantitative estimate of drug-likeness (QED) is 0.684. The zero-order valence-electron chi connectivity index (χ0n) is 8.27. The topological polar surface area (TPSA) is 35.2 Å². The molecule has 0 saturated carbocycles. The fourth-order valence-electron chi connectivity index (χ4n) is 1.61. The monoisotopic (exact) mass is 167 g/mol. The van der Waals surface area contributed by atoms with Crippen LogP contribution in [0.1, 0.15) is 27.2 Å². The smallest absolute Gasteiger partial charge is 0.138 e. The average Bonchev–Trinajstić information content (AvgIpc) is 2.25. The number of nitrogens with two attached hydrogens (primary N) is 1. The number of ether oxygens (including phenoxy) is 1. The summed E-state index contributed by atoms with van der Waals surface area (Å²) < 4.78 is 5.17. The molecule has 0 saturated heterocycles. The van der Waals surface area contributed by atoms with Gasteiger partial charge in [-0.3, -0.25) is 0 Å². The summed E-state index contributed by atoms with van der Waals surface area (Å²) in [4.78, 5) is 0. The molecule has 0 fully saturated rings. The lowest BCUT2D eigenvalue weighted by molar-refractivity contribution is 0.299. The molecule has 0 bridgehead atoms. The van der Waals surface area contributed by atoms with Crippen LogP contribution in [0, 0.1) is 5.41 Å². The fourth-order valence-corrected chi connectivity index (χ4v) is 1.61. The van der Waals surface area contributed by atoms with Crippen molar-refractivity contribution in [2.24, 2.45) is 11.1 Å². The Labute approximate surface area is 74.1 Å². The Balaban J connectivity index is 3.04. The minimum atomic E-state index is -0.0138. The third-order valence-corrected chi connectivity index (χ3v) is 2.65. The molecule has 0 atom stereocenters. The van der Waals surface area contributed by atoms with Gasteiger partial charge in [0, 0.05) is 5.41 Å². The molecule has 1 aliphatic rings. The van der Waals surface area contributed by atoms with Gasteiger partial charge in [-0.05, 0) is 12.5 Å². The van der Waals surface area contributed by atoms with Crippen LogP contribution in [0.2, 0.25) is 0 Å². The Morgan fingerprint density at radius 2 is 2.08 bits per heavy atom. The molecule has 0 radical (unpaired) electrons. The van der Waals surface area contributed by atoms with Gasteiger partial charge < -0.3 is 10.5 Å². The van der Waals surface area contributed by atoms with Gasteiger partial charge in [-0.15, -0.1) is 0 Å². The predicted octanol–water partition coefficient (Wildman–Crippen LogP) is 2.18. The first-order valence-corrected chi connectivity index (χ1v) is 4.29. The first-order chi connectivity index (χ1) is 5.54. The van der Waals surface area contributed by atoms with Crippen LogP contribution in [-0.4, -0.2) is 7.11 Å². The van der Waals surface area contributed by atoms with Crippen LogP contribution in [0.5, 0.6) is 0 Å². The molecule has 0 heterocycles. The standard InChI is InChI=1S/C10H17NO/c1-5-7-6-8(12-4)9(11)10(7,2)3/h6H,5,11H2,1-4H3. The first kappa shape index (κ1) is 9.17. The molecule has 0 unspecified atom stereocenters. The summed E-state index contributed by atoms with van der Waals surface area (Å²) in [6.45, 7) is 6.40. The van der Waals surface area contributed by atoms with Crippen molar-refractivity contribution in [2.45, 2.75) is 27.2 Å². The van der Waals surface area contributed by atoms with Gasteiger partial charge in [0.25, 0.3) is 0 Å². The van der Waals surface area contributed by atoms with E-state index in [1.165, 1.54) is 5.57 Å². The van der Waals surface area contributed by atoms with Gasteiger partial charge in [0.05, 0.1) is 12.8 Å². The molecular weight excluding hydrogens is 150 g/mol. The second-order valence-electron chi connectivity index (χ2n) is 3.63. The Hall–Kier alpha value is -0.920. The number of hydrogen-bond donors (Lipinski definition) is 1. The molecule has 2 heteroatoms. The maximum absolute atomic E-state index is 5.94. The van der Waals surface area contributed by atoms with Crippen LogP contribution in [0.4, 0.5) is 0 Å². The summed E-state index contributed by atoms with van der Waals surface area (Å²) in [5.74, 6) is 0.830. The van der Waals surface area contributed by atoms with E-state index in [1.807, 2.05) is 0 Å². The van der Waals surface area contributed by atoms with Crippen LogP contribution >= 0.6 is 0 Å². The minimum Gasteiger partial charge on any atom is -0.495 e. The molecule has 1 aliphatic carbocycles. The predicted molar refractivity (Wildman–Crippen MR) is 50.4 cm³/mol. The van der Waals surface area contributed by atoms with E-state index >= 15 is 0 Å². The maximum atomic E-state index is 5.94. The highest BCUT2D eigenvalue weighted by atomic mass is 16.5. The van der Waals surface area contributed by atoms with Gasteiger partial charge in [0.2, 0.25) is 0 Å². The van der Waals surface area contributed by atoms with Crippen molar-refractivity contribution in [2.75, 3.05) is 7.11 Å². The molecular formula is C10H17NO. The van der Waals surface area contributed by atoms with Crippen molar-refractivity contribution < 1.29 is 4.74 Å². The lowest BCUT2D eigenvalue weighted by atomic mass is 9.83. The molecule has 2 N–H and O–H groups in total. The molecule has 0 aliphatic heterocycles. The highest BCUT2D eigenvalue weighted by Gasteiger charge is 2.32. The van der Waals surface area contributed by atoms with Gasteiger partial charge in [0.1, 0.15) is 5.76 Å². The largest absolute Gasteiger partial charge is 0.495 e. The van der Waals surface area contributed by atoms with E-state index in [4.69, 9.17) is 10.5 Å². The van der Waals surface area contributed by atoms with Crippen LogP contribution in [0.25, 0.3) is 0 Å². The Morgan fingerprint density at radius 1 is 1.50 bits per heavy atom. The molecule has 0 aromatic rings. The fraction of sp³-hybridized carbons (Fsp3) is 0.600. The molecule has 0 amide bonds. The zero-order valence-corrected chi connectivity index (χ0v) is 8.27. The summed E-state index contributed by atoms with van der Waals surface area (Å²) >= 11 is 0. The van der Waals surface area contributed by atoms with Crippen LogP contribution in [-0.2, 0) is 4.74 Å². The van der Waals surface area contributed by atoms with Crippen LogP contribution in [0.15, 0.2) is 23.1 Å². The van der Waals surface area contributed by atoms with Crippen molar-refractivity contribution in [1.29, 1.82) is 0 Å². The van der Waals surface area contributed by atoms with Gasteiger partial charge >= 0.3 is 0 Å². The molecule has 12 heavy (non-hydrogen) atoms. The van der Waals surface area contributed by atoms with E-state index < -0.39 is 0 Å². The van der Waals surface area contributed by atoms with E-state index in [1.54, 1.807) is 7.11 Å². The maximum Gasteiger partial charge on any atom is 0.138 e. The van der Waals surface area contributed by atoms with Gasteiger partial charge in [-0.2, -0.15) is 0 Å². The van der Waals surface area contributed by atoms with E-state index in [0.717, 1.165) is 17.9 Å². The van der Waals surface area contributed by atoms with Gasteiger partial charge in [-0.1, -0.05) is 26.3 Å². The number of hydrogen-bond acceptors (Lipinski definition) is 2. The summed E-state index contributed by atoms with van der Waals surface area (Å²) in [6.07, 6.45) is 3.08. The number of rotatable bonds is 2. The second kappa shape index (κ2) is 2.85. The minimum absolute atomic E-state index is 0.0138. The molecule has 0 spiro atoms. The summed E-state index contributed by atoms with van der Waals surface area (Å²) in [7, 11) is 1.66. The van der Waals surface area contributed by atoms with Crippen molar-refractivity contribution in [3.05, 3.63) is 23.1 Å². The van der Waals surface area contributed by atoms with Crippen LogP contribution in [0.3, 0.4) is 0 Å². The van der Waals surface area contributed by atoms with E-state index in [0.29, 0.717) is 0 Å². The second-order valence-corrected chi connectivity index (χ2v) is 3.63. The van der Waals surface area contributed by atoms with Gasteiger partial charge in [-0.25, -0.2) is 0 Å². The normalized spacial score (nSPS) is 21.2. The third-order valence-electron chi connectivity index (χ3n) is 2.65. The number of methoxy groups -OCH3 is 1. The summed E-state index contributed by atoms with van der Waals surface area (Å²) in [5, 5.41) is 0. The molecule has 2 nitrogen and oxygen atoms in total. The Kier molecular flexibility index (Phi) is 2.18. The zero-order chi connectivity index (χ0) is 9.35. The lowest BCUT2D eigenvalue weighted by Gasteiger charge is -2.23. The van der Waals surface area contributed by atoms with Crippen molar-refractivity contribution in [1.82, 2.24) is 0 Å². The summed E-state index contributed by atoms with van der Waals surface area (Å²) in [5.41, 5.74) is 8.12. The molecule has 0 aromatic heterocycles. The van der Waals surface area contributed by atoms with Crippen molar-refractivity contribution in [3.63, 3.8) is 0 Å². The first-order valence-electron chi connectivity index (χ1n) is 4.29. The van der Waals surface area contributed by atoms with E-state index in [-0.39, 0.29) is 5.41 Å². The lowest BCUT2D eigenvalue weighted by Crippen LogP contribution is -2.21. The Morgan fingerprint density at radius 3 is 2.33 bits per heavy atom. The number of allylic oxidation sites excluding steroid dienone is 2. The highest BCUT2D eigenvalue weighted by Crippen LogP contribution is 2.41. The van der Waals surface area contributed by atoms with Crippen LogP contribution < -0.4 is 5.73 Å². The van der Waals surface area contributed by atoms with Crippen molar-refractivity contribution >= 4 is 0 Å². The molecule has 68 valence electrons. The average molecular weight is 167 g/mol. The summed E-state index contributed by atoms with van der Waals surface area (Å²) in [6, 6.07) is 0. The van der Waals surface area contributed by atoms with Crippen molar-refractivity contribution in [3.8, 4) is 0 Å². The van der Waals surface area contributed by atoms with Gasteiger partial charge in [0.15, 0.2) is 0 Å². The Bertz CT molecular complexity index is 249. The van der Waals surface area contributed by atoms with E-state index in [9.17, 15) is 0 Å². The SMILES string of the molecule is CCC1=CC(OC)=C(N)C1(C)C. The third kappa shape index (κ3) is 1.11. The van der Waals surface area contributed by atoms with E-state index in [2.05, 4.69) is 26.8 Å². The molecule has 0 aromatic carbocycles. The highest BCUT2D eigenvalue weighted by molar-refractivity contribution is 5.41.